The third kappa shape index (κ3) is 49.3. The van der Waals surface area contributed by atoms with Crippen LogP contribution in [0.25, 0.3) is 0 Å². The van der Waals surface area contributed by atoms with Crippen LogP contribution in [0.1, 0.15) is 310 Å². The lowest BCUT2D eigenvalue weighted by Gasteiger charge is -2.18. The molecule has 0 amide bonds. The van der Waals surface area contributed by atoms with Gasteiger partial charge in [0.25, 0.3) is 0 Å². The average Bonchev–Trinajstić information content (AvgIpc) is 3.24. The normalized spacial score (nSPS) is 12.0. The van der Waals surface area contributed by atoms with Crippen LogP contribution in [0.2, 0.25) is 0 Å². The number of ether oxygens (including phenoxy) is 3. The Morgan fingerprint density at radius 2 is 0.541 bits per heavy atom. The van der Waals surface area contributed by atoms with Crippen LogP contribution in [-0.4, -0.2) is 37.2 Å². The van der Waals surface area contributed by atoms with Gasteiger partial charge in [-0.15, -0.1) is 0 Å². The lowest BCUT2D eigenvalue weighted by molar-refractivity contribution is -0.167. The summed E-state index contributed by atoms with van der Waals surface area (Å²) in [6.45, 7) is 8.99. The first kappa shape index (κ1) is 59.4. The predicted molar refractivity (Wildman–Crippen MR) is 261 cm³/mol. The maximum Gasteiger partial charge on any atom is 0.306 e. The Labute approximate surface area is 380 Å². The monoisotopic (exact) mass is 863 g/mol. The quantitative estimate of drug-likeness (QED) is 0.0344. The van der Waals surface area contributed by atoms with E-state index in [1.165, 1.54) is 205 Å². The van der Waals surface area contributed by atoms with Crippen molar-refractivity contribution in [3.8, 4) is 0 Å². The highest BCUT2D eigenvalue weighted by atomic mass is 16.6. The van der Waals surface area contributed by atoms with Crippen molar-refractivity contribution in [2.24, 2.45) is 5.92 Å². The molecule has 0 saturated carbocycles. The van der Waals surface area contributed by atoms with Crippen molar-refractivity contribution in [3.63, 3.8) is 0 Å². The molecule has 0 fully saturated rings. The molecule has 0 bridgehead atoms. The molecule has 0 radical (unpaired) electrons. The van der Waals surface area contributed by atoms with E-state index in [4.69, 9.17) is 14.2 Å². The Hall–Kier alpha value is -1.59. The number of hydrogen-bond acceptors (Lipinski definition) is 6. The summed E-state index contributed by atoms with van der Waals surface area (Å²) >= 11 is 0. The first-order valence-electron chi connectivity index (χ1n) is 27.4. The second-order valence-electron chi connectivity index (χ2n) is 19.3. The van der Waals surface area contributed by atoms with Crippen molar-refractivity contribution in [3.05, 3.63) is 0 Å². The smallest absolute Gasteiger partial charge is 0.306 e. The molecule has 0 aromatic rings. The summed E-state index contributed by atoms with van der Waals surface area (Å²) in [4.78, 5) is 38.0. The molecule has 0 aliphatic heterocycles. The summed E-state index contributed by atoms with van der Waals surface area (Å²) in [5.74, 6) is -0.0618. The topological polar surface area (TPSA) is 78.9 Å². The van der Waals surface area contributed by atoms with E-state index in [0.29, 0.717) is 19.3 Å². The number of unbranched alkanes of at least 4 members (excludes halogenated alkanes) is 37. The molecule has 0 aliphatic carbocycles. The molecule has 61 heavy (non-hydrogen) atoms. The standard InChI is InChI=1S/C55H106O6/c1-5-7-9-11-13-15-17-19-21-23-25-26-28-30-34-38-42-46-53(56)59-49-52(50-60-54(57)47-43-39-36-32-33-37-41-45-51(3)4)61-55(58)48-44-40-35-31-29-27-24-22-20-18-16-14-12-10-8-6-2/h51-52H,5-50H2,1-4H3/t52-/m1/s1. The number of hydrogen-bond donors (Lipinski definition) is 0. The van der Waals surface area contributed by atoms with Gasteiger partial charge in [0.15, 0.2) is 6.10 Å². The van der Waals surface area contributed by atoms with E-state index in [1.54, 1.807) is 0 Å². The van der Waals surface area contributed by atoms with E-state index in [-0.39, 0.29) is 31.1 Å². The number of carbonyl (C=O) groups is 3. The maximum atomic E-state index is 12.8. The molecule has 6 nitrogen and oxygen atoms in total. The molecular formula is C55H106O6. The molecule has 1 atom stereocenters. The summed E-state index contributed by atoms with van der Waals surface area (Å²) in [7, 11) is 0. The molecule has 0 heterocycles. The van der Waals surface area contributed by atoms with Gasteiger partial charge in [-0.3, -0.25) is 14.4 Å². The SMILES string of the molecule is CCCCCCCCCCCCCCCCCCCC(=O)OC[C@H](COC(=O)CCCCCCCCCC(C)C)OC(=O)CCCCCCCCCCCCCCCCCC. The molecule has 0 rings (SSSR count). The molecule has 362 valence electrons. The van der Waals surface area contributed by atoms with Gasteiger partial charge in [0, 0.05) is 19.3 Å². The predicted octanol–water partition coefficient (Wildman–Crippen LogP) is 17.8. The van der Waals surface area contributed by atoms with E-state index >= 15 is 0 Å². The summed E-state index contributed by atoms with van der Waals surface area (Å²) < 4.78 is 16.8. The Bertz CT molecular complexity index is 918. The molecule has 0 N–H and O–H groups in total. The van der Waals surface area contributed by atoms with E-state index in [9.17, 15) is 14.4 Å². The molecular weight excluding hydrogens is 757 g/mol. The summed E-state index contributed by atoms with van der Waals surface area (Å²) in [6, 6.07) is 0. The number of rotatable bonds is 50. The summed E-state index contributed by atoms with van der Waals surface area (Å²) in [5.41, 5.74) is 0. The fraction of sp³-hybridized carbons (Fsp3) is 0.945. The number of carbonyl (C=O) groups excluding carboxylic acids is 3. The van der Waals surface area contributed by atoms with Gasteiger partial charge in [-0.2, -0.15) is 0 Å². The highest BCUT2D eigenvalue weighted by Gasteiger charge is 2.19. The van der Waals surface area contributed by atoms with Crippen molar-refractivity contribution >= 4 is 17.9 Å². The third-order valence-electron chi connectivity index (χ3n) is 12.5. The third-order valence-corrected chi connectivity index (χ3v) is 12.5. The van der Waals surface area contributed by atoms with Gasteiger partial charge >= 0.3 is 17.9 Å². The van der Waals surface area contributed by atoms with E-state index in [1.807, 2.05) is 0 Å². The second-order valence-corrected chi connectivity index (χ2v) is 19.3. The fourth-order valence-corrected chi connectivity index (χ4v) is 8.39. The average molecular weight is 863 g/mol. The Kier molecular flexibility index (Phi) is 48.1. The molecule has 0 unspecified atom stereocenters. The second kappa shape index (κ2) is 49.4. The minimum atomic E-state index is -0.761. The van der Waals surface area contributed by atoms with Gasteiger partial charge in [0.1, 0.15) is 13.2 Å². The molecule has 0 aromatic carbocycles. The molecule has 0 spiro atoms. The zero-order valence-electron chi connectivity index (χ0n) is 41.6. The van der Waals surface area contributed by atoms with Gasteiger partial charge in [0.05, 0.1) is 0 Å². The van der Waals surface area contributed by atoms with Crippen molar-refractivity contribution in [1.82, 2.24) is 0 Å². The molecule has 6 heteroatoms. The minimum Gasteiger partial charge on any atom is -0.462 e. The Morgan fingerprint density at radius 1 is 0.311 bits per heavy atom. The van der Waals surface area contributed by atoms with Crippen LogP contribution >= 0.6 is 0 Å². The zero-order valence-corrected chi connectivity index (χ0v) is 41.6. The Balaban J connectivity index is 4.26. The van der Waals surface area contributed by atoms with Crippen LogP contribution in [-0.2, 0) is 28.6 Å². The van der Waals surface area contributed by atoms with Crippen LogP contribution in [0.4, 0.5) is 0 Å². The summed E-state index contributed by atoms with van der Waals surface area (Å²) in [6.07, 6.45) is 52.4. The van der Waals surface area contributed by atoms with Gasteiger partial charge in [0.2, 0.25) is 0 Å². The van der Waals surface area contributed by atoms with Crippen molar-refractivity contribution in [1.29, 1.82) is 0 Å². The van der Waals surface area contributed by atoms with Crippen LogP contribution in [0.5, 0.6) is 0 Å². The fourth-order valence-electron chi connectivity index (χ4n) is 8.39. The molecule has 0 aromatic heterocycles. The first-order valence-corrected chi connectivity index (χ1v) is 27.4. The van der Waals surface area contributed by atoms with Gasteiger partial charge in [-0.1, -0.05) is 272 Å². The van der Waals surface area contributed by atoms with E-state index in [2.05, 4.69) is 27.7 Å². The highest BCUT2D eigenvalue weighted by molar-refractivity contribution is 5.71. The molecule has 0 aliphatic rings. The van der Waals surface area contributed by atoms with Crippen LogP contribution < -0.4 is 0 Å². The highest BCUT2D eigenvalue weighted by Crippen LogP contribution is 2.17. The number of esters is 3. The zero-order chi connectivity index (χ0) is 44.5. The first-order chi connectivity index (χ1) is 29.9. The van der Waals surface area contributed by atoms with Crippen LogP contribution in [0.15, 0.2) is 0 Å². The van der Waals surface area contributed by atoms with Crippen molar-refractivity contribution < 1.29 is 28.6 Å². The summed E-state index contributed by atoms with van der Waals surface area (Å²) in [5, 5.41) is 0. The van der Waals surface area contributed by atoms with Gasteiger partial charge < -0.3 is 14.2 Å². The maximum absolute atomic E-state index is 12.8. The van der Waals surface area contributed by atoms with Crippen LogP contribution in [0.3, 0.4) is 0 Å². The largest absolute Gasteiger partial charge is 0.462 e. The van der Waals surface area contributed by atoms with Gasteiger partial charge in [-0.25, -0.2) is 0 Å². The van der Waals surface area contributed by atoms with Crippen LogP contribution in [0, 0.1) is 5.92 Å². The van der Waals surface area contributed by atoms with E-state index < -0.39 is 6.10 Å². The molecule has 0 saturated heterocycles. The van der Waals surface area contributed by atoms with Gasteiger partial charge in [-0.05, 0) is 25.2 Å². The lowest BCUT2D eigenvalue weighted by atomic mass is 10.0. The van der Waals surface area contributed by atoms with E-state index in [0.717, 1.165) is 63.7 Å². The van der Waals surface area contributed by atoms with Crippen molar-refractivity contribution in [2.75, 3.05) is 13.2 Å². The lowest BCUT2D eigenvalue weighted by Crippen LogP contribution is -2.30. The van der Waals surface area contributed by atoms with Crippen molar-refractivity contribution in [2.45, 2.75) is 316 Å². The minimum absolute atomic E-state index is 0.0629. The Morgan fingerprint density at radius 3 is 0.803 bits per heavy atom.